The van der Waals surface area contributed by atoms with Crippen molar-refractivity contribution in [2.45, 2.75) is 19.5 Å². The first-order valence-electron chi connectivity index (χ1n) is 9.22. The number of benzene rings is 1. The fourth-order valence-corrected chi connectivity index (χ4v) is 3.47. The zero-order valence-electron chi connectivity index (χ0n) is 15.7. The van der Waals surface area contributed by atoms with Gasteiger partial charge >= 0.3 is 0 Å². The number of carbonyl (C=O) groups is 2. The Kier molecular flexibility index (Phi) is 5.18. The molecule has 2 amide bonds. The van der Waals surface area contributed by atoms with E-state index in [1.165, 1.54) is 18.5 Å². The highest BCUT2D eigenvalue weighted by atomic mass is 19.1. The minimum absolute atomic E-state index is 0.0693. The largest absolute Gasteiger partial charge is 0.459 e. The average Bonchev–Trinajstić information content (AvgIpc) is 3.27. The van der Waals surface area contributed by atoms with Crippen LogP contribution in [0.25, 0.3) is 0 Å². The van der Waals surface area contributed by atoms with Crippen LogP contribution in [0.3, 0.4) is 0 Å². The number of nitrogens with one attached hydrogen (secondary N) is 2. The first-order valence-corrected chi connectivity index (χ1v) is 9.22. The summed E-state index contributed by atoms with van der Waals surface area (Å²) in [6.45, 7) is 0.318. The molecule has 2 aromatic heterocycles. The molecule has 0 unspecified atom stereocenters. The lowest BCUT2D eigenvalue weighted by atomic mass is 9.96. The molecule has 3 aromatic rings. The van der Waals surface area contributed by atoms with Crippen LogP contribution in [0, 0.1) is 11.6 Å². The summed E-state index contributed by atoms with van der Waals surface area (Å²) in [6, 6.07) is 6.23. The van der Waals surface area contributed by atoms with Crippen LogP contribution >= 0.6 is 0 Å². The molecule has 0 spiro atoms. The third kappa shape index (κ3) is 3.73. The standard InChI is InChI=1S/C21H17F2N3O4/c22-14-4-3-12(16(23)8-14)9-24-19(27)18-15-5-6-26(11-13(15)10-25-20(18)28)21(29)17-2-1-7-30-17/h1-4,7-8,10H,5-6,9,11H2,(H,24,27)(H,25,28). The van der Waals surface area contributed by atoms with Crippen LogP contribution in [0.1, 0.15) is 37.6 Å². The van der Waals surface area contributed by atoms with Crippen molar-refractivity contribution in [3.63, 3.8) is 0 Å². The highest BCUT2D eigenvalue weighted by Gasteiger charge is 2.28. The van der Waals surface area contributed by atoms with Gasteiger partial charge in [0.1, 0.15) is 17.2 Å². The van der Waals surface area contributed by atoms with Gasteiger partial charge in [-0.1, -0.05) is 6.07 Å². The van der Waals surface area contributed by atoms with E-state index in [4.69, 9.17) is 4.42 Å². The molecule has 9 heteroatoms. The molecule has 3 heterocycles. The molecule has 154 valence electrons. The van der Waals surface area contributed by atoms with Crippen LogP contribution in [-0.4, -0.2) is 28.2 Å². The fraction of sp³-hybridized carbons (Fsp3) is 0.190. The summed E-state index contributed by atoms with van der Waals surface area (Å²) in [5.74, 6) is -2.24. The molecular weight excluding hydrogens is 396 g/mol. The Balaban J connectivity index is 1.54. The Bertz CT molecular complexity index is 1170. The molecule has 0 saturated heterocycles. The van der Waals surface area contributed by atoms with Gasteiger partial charge in [-0.05, 0) is 35.7 Å². The van der Waals surface area contributed by atoms with Crippen LogP contribution in [0.15, 0.2) is 52.0 Å². The van der Waals surface area contributed by atoms with Crippen molar-refractivity contribution in [3.05, 3.63) is 92.8 Å². The van der Waals surface area contributed by atoms with Gasteiger partial charge < -0.3 is 19.6 Å². The number of furan rings is 1. The molecule has 1 aromatic carbocycles. The van der Waals surface area contributed by atoms with Crippen molar-refractivity contribution in [1.82, 2.24) is 15.2 Å². The van der Waals surface area contributed by atoms with Gasteiger partial charge in [0, 0.05) is 37.5 Å². The van der Waals surface area contributed by atoms with E-state index in [9.17, 15) is 23.2 Å². The molecule has 1 aliphatic heterocycles. The summed E-state index contributed by atoms with van der Waals surface area (Å²) in [6.07, 6.45) is 3.20. The summed E-state index contributed by atoms with van der Waals surface area (Å²) in [7, 11) is 0. The van der Waals surface area contributed by atoms with Crippen LogP contribution < -0.4 is 10.9 Å². The molecule has 1 aliphatic rings. The Morgan fingerprint density at radius 3 is 2.80 bits per heavy atom. The van der Waals surface area contributed by atoms with Gasteiger partial charge in [0.15, 0.2) is 5.76 Å². The van der Waals surface area contributed by atoms with Crippen LogP contribution in [0.4, 0.5) is 8.78 Å². The Morgan fingerprint density at radius 1 is 1.23 bits per heavy atom. The van der Waals surface area contributed by atoms with Crippen LogP contribution in [0.5, 0.6) is 0 Å². The maximum Gasteiger partial charge on any atom is 0.289 e. The molecule has 30 heavy (non-hydrogen) atoms. The van der Waals surface area contributed by atoms with E-state index in [2.05, 4.69) is 10.3 Å². The minimum Gasteiger partial charge on any atom is -0.459 e. The molecule has 0 radical (unpaired) electrons. The summed E-state index contributed by atoms with van der Waals surface area (Å²) in [4.78, 5) is 41.6. The van der Waals surface area contributed by atoms with E-state index >= 15 is 0 Å². The van der Waals surface area contributed by atoms with Crippen molar-refractivity contribution in [2.75, 3.05) is 6.54 Å². The average molecular weight is 413 g/mol. The third-order valence-electron chi connectivity index (χ3n) is 4.99. The third-order valence-corrected chi connectivity index (χ3v) is 4.99. The molecule has 0 fully saturated rings. The normalized spacial score (nSPS) is 13.1. The number of H-pyrrole nitrogens is 1. The van der Waals surface area contributed by atoms with Crippen molar-refractivity contribution in [1.29, 1.82) is 0 Å². The van der Waals surface area contributed by atoms with Crippen molar-refractivity contribution in [3.8, 4) is 0 Å². The SMILES string of the molecule is O=C(NCc1ccc(F)cc1F)c1c2c(c[nH]c1=O)CN(C(=O)c1ccco1)CC2. The quantitative estimate of drug-likeness (QED) is 0.687. The number of amides is 2. The minimum atomic E-state index is -0.786. The number of aromatic amines is 1. The highest BCUT2D eigenvalue weighted by Crippen LogP contribution is 2.22. The Labute approximate surface area is 169 Å². The van der Waals surface area contributed by atoms with E-state index in [-0.39, 0.29) is 35.9 Å². The first-order chi connectivity index (χ1) is 14.4. The van der Waals surface area contributed by atoms with E-state index in [1.54, 1.807) is 17.0 Å². The van der Waals surface area contributed by atoms with Gasteiger partial charge in [-0.2, -0.15) is 0 Å². The molecule has 0 aliphatic carbocycles. The van der Waals surface area contributed by atoms with Gasteiger partial charge in [-0.15, -0.1) is 0 Å². The summed E-state index contributed by atoms with van der Waals surface area (Å²) in [5, 5.41) is 2.51. The number of nitrogens with zero attached hydrogens (tertiary/aromatic N) is 1. The van der Waals surface area contributed by atoms with E-state index < -0.39 is 23.1 Å². The number of rotatable bonds is 4. The lowest BCUT2D eigenvalue weighted by Crippen LogP contribution is -2.39. The van der Waals surface area contributed by atoms with Gasteiger partial charge in [-0.3, -0.25) is 14.4 Å². The maximum absolute atomic E-state index is 13.8. The lowest BCUT2D eigenvalue weighted by molar-refractivity contribution is 0.0702. The molecule has 2 N–H and O–H groups in total. The number of hydrogen-bond acceptors (Lipinski definition) is 4. The molecule has 7 nitrogen and oxygen atoms in total. The maximum atomic E-state index is 13.8. The molecule has 4 rings (SSSR count). The second-order valence-electron chi connectivity index (χ2n) is 6.87. The smallest absolute Gasteiger partial charge is 0.289 e. The van der Waals surface area contributed by atoms with Gasteiger partial charge in [-0.25, -0.2) is 8.78 Å². The first kappa shape index (κ1) is 19.6. The number of hydrogen-bond donors (Lipinski definition) is 2. The molecule has 0 saturated carbocycles. The second kappa shape index (κ2) is 7.94. The van der Waals surface area contributed by atoms with Gasteiger partial charge in [0.05, 0.1) is 6.26 Å². The zero-order chi connectivity index (χ0) is 21.3. The van der Waals surface area contributed by atoms with Crippen molar-refractivity contribution >= 4 is 11.8 Å². The van der Waals surface area contributed by atoms with E-state index in [0.29, 0.717) is 24.1 Å². The van der Waals surface area contributed by atoms with Crippen molar-refractivity contribution < 1.29 is 22.8 Å². The number of halogens is 2. The predicted molar refractivity (Wildman–Crippen MR) is 102 cm³/mol. The number of aromatic nitrogens is 1. The van der Waals surface area contributed by atoms with Gasteiger partial charge in [0.25, 0.3) is 17.4 Å². The summed E-state index contributed by atoms with van der Waals surface area (Å²) in [5.41, 5.74) is 0.635. The number of fused-ring (bicyclic) bond motifs is 1. The summed E-state index contributed by atoms with van der Waals surface area (Å²) < 4.78 is 32.0. The Morgan fingerprint density at radius 2 is 2.07 bits per heavy atom. The summed E-state index contributed by atoms with van der Waals surface area (Å²) >= 11 is 0. The fourth-order valence-electron chi connectivity index (χ4n) is 3.47. The van der Waals surface area contributed by atoms with E-state index in [1.807, 2.05) is 0 Å². The highest BCUT2D eigenvalue weighted by molar-refractivity contribution is 5.96. The Hall–Kier alpha value is -3.75. The molecule has 0 bridgehead atoms. The lowest BCUT2D eigenvalue weighted by Gasteiger charge is -2.29. The van der Waals surface area contributed by atoms with Crippen LogP contribution in [0.2, 0.25) is 0 Å². The van der Waals surface area contributed by atoms with Crippen molar-refractivity contribution in [2.24, 2.45) is 0 Å². The number of pyridine rings is 1. The molecule has 0 atom stereocenters. The van der Waals surface area contributed by atoms with Crippen LogP contribution in [-0.2, 0) is 19.5 Å². The zero-order valence-corrected chi connectivity index (χ0v) is 15.7. The monoisotopic (exact) mass is 413 g/mol. The predicted octanol–water partition coefficient (Wildman–Crippen LogP) is 2.37. The van der Waals surface area contributed by atoms with Gasteiger partial charge in [0.2, 0.25) is 0 Å². The van der Waals surface area contributed by atoms with E-state index in [0.717, 1.165) is 12.1 Å². The molecular formula is C21H17F2N3O4. The number of carbonyl (C=O) groups excluding carboxylic acids is 2. The topological polar surface area (TPSA) is 95.4 Å². The second-order valence-corrected chi connectivity index (χ2v) is 6.87.